The Morgan fingerprint density at radius 1 is 0.885 bits per heavy atom. The van der Waals surface area contributed by atoms with E-state index in [1.165, 1.54) is 0 Å². The first-order chi connectivity index (χ1) is 11.9. The minimum Gasteiger partial charge on any atom is -0.490 e. The third kappa shape index (κ3) is 5.39. The molecule has 0 bridgehead atoms. The first kappa shape index (κ1) is 22.3. The largest absolute Gasteiger partial charge is 0.490 e. The van der Waals surface area contributed by atoms with E-state index in [1.54, 1.807) is 12.1 Å². The first-order valence-corrected chi connectivity index (χ1v) is 9.46. The number of para-hydroxylation sites is 1. The second kappa shape index (κ2) is 8.32. The molecule has 0 N–H and O–H groups in total. The lowest BCUT2D eigenvalue weighted by molar-refractivity contribution is -0.154. The molecule has 0 radical (unpaired) electrons. The molecule has 1 unspecified atom stereocenters. The highest BCUT2D eigenvalue weighted by molar-refractivity contribution is 5.81. The van der Waals surface area contributed by atoms with Gasteiger partial charge in [-0.05, 0) is 50.2 Å². The Morgan fingerprint density at radius 2 is 1.35 bits per heavy atom. The van der Waals surface area contributed by atoms with Crippen molar-refractivity contribution in [1.82, 2.24) is 0 Å². The van der Waals surface area contributed by atoms with Gasteiger partial charge in [-0.1, -0.05) is 47.6 Å². The van der Waals surface area contributed by atoms with Crippen LogP contribution in [0.25, 0.3) is 0 Å². The van der Waals surface area contributed by atoms with Crippen molar-refractivity contribution >= 4 is 5.97 Å². The predicted octanol–water partition coefficient (Wildman–Crippen LogP) is 5.88. The minimum atomic E-state index is -0.659. The summed E-state index contributed by atoms with van der Waals surface area (Å²) < 4.78 is 17.3. The molecule has 0 saturated heterocycles. The topological polar surface area (TPSA) is 44.8 Å². The van der Waals surface area contributed by atoms with E-state index in [1.807, 2.05) is 26.8 Å². The first-order valence-electron chi connectivity index (χ1n) is 9.46. The molecule has 0 spiro atoms. The van der Waals surface area contributed by atoms with Gasteiger partial charge in [-0.15, -0.1) is 0 Å². The molecular weight excluding hydrogens is 328 g/mol. The zero-order chi connectivity index (χ0) is 20.2. The van der Waals surface area contributed by atoms with E-state index in [0.29, 0.717) is 36.9 Å². The van der Waals surface area contributed by atoms with Crippen molar-refractivity contribution in [3.05, 3.63) is 18.2 Å². The molecule has 0 heterocycles. The molecule has 148 valence electrons. The fourth-order valence-electron chi connectivity index (χ4n) is 3.04. The molecule has 0 saturated carbocycles. The summed E-state index contributed by atoms with van der Waals surface area (Å²) in [7, 11) is 0. The Bertz CT molecular complexity index is 583. The van der Waals surface area contributed by atoms with Crippen LogP contribution in [0, 0.1) is 16.2 Å². The monoisotopic (exact) mass is 364 g/mol. The van der Waals surface area contributed by atoms with Gasteiger partial charge in [-0.2, -0.15) is 0 Å². The van der Waals surface area contributed by atoms with Crippen LogP contribution in [0.4, 0.5) is 0 Å². The van der Waals surface area contributed by atoms with Crippen LogP contribution in [-0.4, -0.2) is 19.2 Å². The van der Waals surface area contributed by atoms with E-state index < -0.39 is 5.41 Å². The second-order valence-electron chi connectivity index (χ2n) is 9.16. The number of carbonyl (C=O) groups is 1. The lowest BCUT2D eigenvalue weighted by atomic mass is 9.61. The number of hydrogen-bond acceptors (Lipinski definition) is 4. The Morgan fingerprint density at radius 3 is 1.69 bits per heavy atom. The third-order valence-electron chi connectivity index (χ3n) is 4.73. The molecule has 1 aromatic carbocycles. The van der Waals surface area contributed by atoms with Crippen molar-refractivity contribution in [3.63, 3.8) is 0 Å². The highest BCUT2D eigenvalue weighted by atomic mass is 16.6. The van der Waals surface area contributed by atoms with Crippen LogP contribution in [0.5, 0.6) is 17.2 Å². The van der Waals surface area contributed by atoms with Crippen molar-refractivity contribution in [3.8, 4) is 17.2 Å². The summed E-state index contributed by atoms with van der Waals surface area (Å²) in [5.74, 6) is 1.16. The van der Waals surface area contributed by atoms with Gasteiger partial charge in [0.05, 0.1) is 18.6 Å². The number of carbonyl (C=O) groups excluding carboxylic acids is 1. The maximum atomic E-state index is 13.3. The average molecular weight is 365 g/mol. The molecule has 0 amide bonds. The lowest BCUT2D eigenvalue weighted by Crippen LogP contribution is -2.45. The Balaban J connectivity index is 3.32. The second-order valence-corrected chi connectivity index (χ2v) is 9.16. The minimum absolute atomic E-state index is 0.0107. The summed E-state index contributed by atoms with van der Waals surface area (Å²) in [6.45, 7) is 19.4. The summed E-state index contributed by atoms with van der Waals surface area (Å²) >= 11 is 0. The SMILES string of the molecule is CCOc1cccc(OCC)c1OC(=O)C(C)(CC(C)(C)C)C(C)(C)C. The number of benzene rings is 1. The Labute approximate surface area is 159 Å². The quantitative estimate of drug-likeness (QED) is 0.448. The molecule has 0 aromatic heterocycles. The van der Waals surface area contributed by atoms with Crippen LogP contribution in [0.15, 0.2) is 18.2 Å². The third-order valence-corrected chi connectivity index (χ3v) is 4.73. The van der Waals surface area contributed by atoms with Crippen molar-refractivity contribution in [2.75, 3.05) is 13.2 Å². The van der Waals surface area contributed by atoms with Gasteiger partial charge in [0.1, 0.15) is 0 Å². The van der Waals surface area contributed by atoms with E-state index in [0.717, 1.165) is 0 Å². The number of rotatable bonds is 7. The summed E-state index contributed by atoms with van der Waals surface area (Å²) in [5.41, 5.74) is -0.930. The van der Waals surface area contributed by atoms with E-state index in [9.17, 15) is 4.79 Å². The summed E-state index contributed by atoms with van der Waals surface area (Å²) in [6, 6.07) is 5.44. The highest BCUT2D eigenvalue weighted by Gasteiger charge is 2.48. The Hall–Kier alpha value is -1.71. The number of esters is 1. The van der Waals surface area contributed by atoms with Crippen LogP contribution in [-0.2, 0) is 4.79 Å². The van der Waals surface area contributed by atoms with Crippen LogP contribution in [0.3, 0.4) is 0 Å². The molecule has 4 heteroatoms. The van der Waals surface area contributed by atoms with Gasteiger partial charge in [0.15, 0.2) is 11.5 Å². The number of ether oxygens (including phenoxy) is 3. The standard InChI is InChI=1S/C22H36O4/c1-10-24-16-13-12-14-17(25-11-2)18(16)26-19(23)22(9,21(6,7)8)15-20(3,4)5/h12-14H,10-11,15H2,1-9H3. The van der Waals surface area contributed by atoms with Crippen LogP contribution in [0.1, 0.15) is 68.7 Å². The van der Waals surface area contributed by atoms with Gasteiger partial charge >= 0.3 is 5.97 Å². The molecule has 4 nitrogen and oxygen atoms in total. The van der Waals surface area contributed by atoms with Gasteiger partial charge in [0.2, 0.25) is 5.75 Å². The Kier molecular flexibility index (Phi) is 7.15. The molecule has 1 rings (SSSR count). The molecule has 1 aromatic rings. The molecule has 0 aliphatic heterocycles. The van der Waals surface area contributed by atoms with E-state index in [-0.39, 0.29) is 16.8 Å². The predicted molar refractivity (Wildman–Crippen MR) is 106 cm³/mol. The normalized spacial score (nSPS) is 14.5. The summed E-state index contributed by atoms with van der Waals surface area (Å²) in [4.78, 5) is 13.3. The zero-order valence-corrected chi connectivity index (χ0v) is 18.0. The molecule has 0 aliphatic rings. The van der Waals surface area contributed by atoms with E-state index in [2.05, 4.69) is 41.5 Å². The van der Waals surface area contributed by atoms with Gasteiger partial charge in [0.25, 0.3) is 0 Å². The maximum Gasteiger partial charge on any atom is 0.318 e. The molecule has 0 fully saturated rings. The average Bonchev–Trinajstić information content (AvgIpc) is 2.47. The molecule has 1 atom stereocenters. The van der Waals surface area contributed by atoms with Gasteiger partial charge in [-0.25, -0.2) is 0 Å². The molecular formula is C22H36O4. The smallest absolute Gasteiger partial charge is 0.318 e. The highest BCUT2D eigenvalue weighted by Crippen LogP contribution is 2.48. The van der Waals surface area contributed by atoms with Gasteiger partial charge < -0.3 is 14.2 Å². The summed E-state index contributed by atoms with van der Waals surface area (Å²) in [6.07, 6.45) is 0.711. The van der Waals surface area contributed by atoms with Crippen LogP contribution >= 0.6 is 0 Å². The maximum absolute atomic E-state index is 13.3. The van der Waals surface area contributed by atoms with Crippen molar-refractivity contribution in [1.29, 1.82) is 0 Å². The molecule has 26 heavy (non-hydrogen) atoms. The molecule has 0 aliphatic carbocycles. The van der Waals surface area contributed by atoms with Crippen LogP contribution in [0.2, 0.25) is 0 Å². The van der Waals surface area contributed by atoms with Crippen molar-refractivity contribution in [2.45, 2.75) is 68.7 Å². The number of hydrogen-bond donors (Lipinski definition) is 0. The lowest BCUT2D eigenvalue weighted by Gasteiger charge is -2.43. The fourth-order valence-corrected chi connectivity index (χ4v) is 3.04. The fraction of sp³-hybridized carbons (Fsp3) is 0.682. The van der Waals surface area contributed by atoms with E-state index in [4.69, 9.17) is 14.2 Å². The van der Waals surface area contributed by atoms with Crippen LogP contribution < -0.4 is 14.2 Å². The van der Waals surface area contributed by atoms with E-state index >= 15 is 0 Å². The van der Waals surface area contributed by atoms with Gasteiger partial charge in [0, 0.05) is 0 Å². The summed E-state index contributed by atoms with van der Waals surface area (Å²) in [5, 5.41) is 0. The zero-order valence-electron chi connectivity index (χ0n) is 18.0. The van der Waals surface area contributed by atoms with Crippen molar-refractivity contribution < 1.29 is 19.0 Å². The van der Waals surface area contributed by atoms with Crippen molar-refractivity contribution in [2.24, 2.45) is 16.2 Å². The van der Waals surface area contributed by atoms with Gasteiger partial charge in [-0.3, -0.25) is 4.79 Å².